The number of ether oxygens (including phenoxy) is 6. The van der Waals surface area contributed by atoms with Crippen LogP contribution in [0.25, 0.3) is 0 Å². The van der Waals surface area contributed by atoms with Crippen molar-refractivity contribution in [1.82, 2.24) is 5.32 Å². The number of nitrogens with one attached hydrogen (secondary N) is 1. The van der Waals surface area contributed by atoms with Crippen LogP contribution in [0.2, 0.25) is 0 Å². The lowest BCUT2D eigenvalue weighted by Crippen LogP contribution is -2.66. The van der Waals surface area contributed by atoms with Crippen LogP contribution in [-0.2, 0) is 33.2 Å². The number of hydrogen-bond donors (Lipinski definition) is 12. The highest BCUT2D eigenvalue weighted by atomic mass is 16.8. The van der Waals surface area contributed by atoms with Crippen LogP contribution in [0.1, 0.15) is 328 Å². The van der Waals surface area contributed by atoms with Crippen LogP contribution >= 0.6 is 0 Å². The average molecular weight is 1370 g/mol. The van der Waals surface area contributed by atoms with Gasteiger partial charge in [0.25, 0.3) is 0 Å². The first-order chi connectivity index (χ1) is 46.8. The first-order valence-corrected chi connectivity index (χ1v) is 39.6. The summed E-state index contributed by atoms with van der Waals surface area (Å²) in [5.41, 5.74) is 0. The second-order valence-electron chi connectivity index (χ2n) is 28.5. The topological polar surface area (TPSA) is 307 Å². The third-order valence-corrected chi connectivity index (χ3v) is 20.0. The van der Waals surface area contributed by atoms with Crippen molar-refractivity contribution in [2.75, 3.05) is 26.4 Å². The molecule has 0 radical (unpaired) electrons. The van der Waals surface area contributed by atoms with Crippen molar-refractivity contribution in [3.05, 3.63) is 24.3 Å². The molecule has 0 aromatic carbocycles. The lowest BCUT2D eigenvalue weighted by atomic mass is 9.96. The Morgan fingerprint density at radius 1 is 0.375 bits per heavy atom. The maximum atomic E-state index is 13.4. The van der Waals surface area contributed by atoms with Crippen molar-refractivity contribution in [2.24, 2.45) is 0 Å². The van der Waals surface area contributed by atoms with Gasteiger partial charge in [-0.1, -0.05) is 301 Å². The smallest absolute Gasteiger partial charge is 0.220 e. The summed E-state index contributed by atoms with van der Waals surface area (Å²) in [5.74, 6) is -0.238. The molecule has 17 unspecified atom stereocenters. The first kappa shape index (κ1) is 88.5. The summed E-state index contributed by atoms with van der Waals surface area (Å²) in [6, 6.07) is -0.882. The molecule has 0 saturated carbocycles. The average Bonchev–Trinajstić information content (AvgIpc) is 0.849. The highest BCUT2D eigenvalue weighted by Crippen LogP contribution is 2.33. The van der Waals surface area contributed by atoms with E-state index in [0.717, 1.165) is 51.4 Å². The van der Waals surface area contributed by atoms with Gasteiger partial charge in [-0.25, -0.2) is 0 Å². The number of carbonyl (C=O) groups excluding carboxylic acids is 1. The molecular weight excluding hydrogens is 1230 g/mol. The fourth-order valence-electron chi connectivity index (χ4n) is 13.6. The molecule has 19 nitrogen and oxygen atoms in total. The van der Waals surface area contributed by atoms with Crippen LogP contribution in [0.3, 0.4) is 0 Å². The Morgan fingerprint density at radius 2 is 0.688 bits per heavy atom. The molecule has 3 saturated heterocycles. The van der Waals surface area contributed by atoms with Crippen molar-refractivity contribution >= 4 is 5.91 Å². The van der Waals surface area contributed by atoms with E-state index in [-0.39, 0.29) is 18.9 Å². The highest BCUT2D eigenvalue weighted by molar-refractivity contribution is 5.76. The monoisotopic (exact) mass is 1370 g/mol. The summed E-state index contributed by atoms with van der Waals surface area (Å²) in [4.78, 5) is 13.4. The Balaban J connectivity index is 1.23. The molecule has 3 aliphatic rings. The van der Waals surface area contributed by atoms with Gasteiger partial charge in [0.2, 0.25) is 5.91 Å². The molecule has 0 aromatic heterocycles. The van der Waals surface area contributed by atoms with Crippen molar-refractivity contribution in [2.45, 2.75) is 433 Å². The zero-order valence-corrected chi connectivity index (χ0v) is 60.4. The summed E-state index contributed by atoms with van der Waals surface area (Å²) in [6.45, 7) is 1.79. The molecule has 96 heavy (non-hydrogen) atoms. The molecule has 0 aromatic rings. The largest absolute Gasteiger partial charge is 0.394 e. The van der Waals surface area contributed by atoms with Gasteiger partial charge >= 0.3 is 0 Å². The molecule has 566 valence electrons. The van der Waals surface area contributed by atoms with E-state index < -0.39 is 124 Å². The normalized spacial score (nSPS) is 27.1. The summed E-state index contributed by atoms with van der Waals surface area (Å²) in [5, 5.41) is 121. The van der Waals surface area contributed by atoms with E-state index in [2.05, 4.69) is 43.5 Å². The SMILES string of the molecule is CCCCCCC/C=C\C/C=C\CCCCCCCCCCCCCCCCCCCCCCCCCCCCCCCC(=O)NC(COC1OC(CO)C(OC2OC(CO)C(OC3OC(CO)C(O)C(O)C3O)C(O)C2O)C(O)C1O)C(O)CCCCCCCCCCCC. The lowest BCUT2D eigenvalue weighted by Gasteiger charge is -2.48. The summed E-state index contributed by atoms with van der Waals surface area (Å²) >= 11 is 0. The van der Waals surface area contributed by atoms with Crippen LogP contribution in [0.15, 0.2) is 24.3 Å². The van der Waals surface area contributed by atoms with Gasteiger partial charge in [0, 0.05) is 6.42 Å². The quantitative estimate of drug-likeness (QED) is 0.0199. The number of aliphatic hydroxyl groups excluding tert-OH is 11. The number of aliphatic hydroxyl groups is 11. The number of rotatable bonds is 63. The zero-order chi connectivity index (χ0) is 69.6. The minimum atomic E-state index is -1.97. The van der Waals surface area contributed by atoms with Crippen LogP contribution in [-0.4, -0.2) is 193 Å². The fourth-order valence-corrected chi connectivity index (χ4v) is 13.6. The van der Waals surface area contributed by atoms with Crippen molar-refractivity contribution in [3.8, 4) is 0 Å². The predicted molar refractivity (Wildman–Crippen MR) is 379 cm³/mol. The second kappa shape index (κ2) is 58.7. The number of hydrogen-bond acceptors (Lipinski definition) is 18. The van der Waals surface area contributed by atoms with Crippen molar-refractivity contribution < 1.29 is 89.4 Å². The molecule has 19 heteroatoms. The molecule has 3 heterocycles. The maximum absolute atomic E-state index is 13.4. The summed E-state index contributed by atoms with van der Waals surface area (Å²) in [6.07, 6.45) is 43.3. The van der Waals surface area contributed by atoms with E-state index in [0.29, 0.717) is 12.8 Å². The highest BCUT2D eigenvalue weighted by Gasteiger charge is 2.54. The molecule has 3 rings (SSSR count). The minimum absolute atomic E-state index is 0.238. The Hall–Kier alpha value is -1.73. The summed E-state index contributed by atoms with van der Waals surface area (Å²) < 4.78 is 34.4. The Kier molecular flexibility index (Phi) is 54.1. The second-order valence-corrected chi connectivity index (χ2v) is 28.5. The number of unbranched alkanes of at least 4 members (excludes halogenated alkanes) is 43. The molecule has 17 atom stereocenters. The minimum Gasteiger partial charge on any atom is -0.394 e. The van der Waals surface area contributed by atoms with E-state index in [4.69, 9.17) is 28.4 Å². The van der Waals surface area contributed by atoms with E-state index in [9.17, 15) is 61.0 Å². The van der Waals surface area contributed by atoms with Gasteiger partial charge in [0.15, 0.2) is 18.9 Å². The van der Waals surface area contributed by atoms with Crippen LogP contribution in [0.5, 0.6) is 0 Å². The molecule has 1 amide bonds. The van der Waals surface area contributed by atoms with Crippen LogP contribution in [0, 0.1) is 0 Å². The molecule has 3 fully saturated rings. The molecule has 0 spiro atoms. The Bertz CT molecular complexity index is 1830. The van der Waals surface area contributed by atoms with Gasteiger partial charge < -0.3 is 89.9 Å². The predicted octanol–water partition coefficient (Wildman–Crippen LogP) is 12.6. The molecule has 3 aliphatic heterocycles. The number of amides is 1. The lowest BCUT2D eigenvalue weighted by molar-refractivity contribution is -0.379. The van der Waals surface area contributed by atoms with E-state index >= 15 is 0 Å². The zero-order valence-electron chi connectivity index (χ0n) is 60.4. The van der Waals surface area contributed by atoms with Crippen molar-refractivity contribution in [1.29, 1.82) is 0 Å². The number of carbonyl (C=O) groups is 1. The van der Waals surface area contributed by atoms with Gasteiger partial charge in [0.1, 0.15) is 73.2 Å². The van der Waals surface area contributed by atoms with Gasteiger partial charge in [-0.05, 0) is 44.9 Å². The Morgan fingerprint density at radius 3 is 1.06 bits per heavy atom. The van der Waals surface area contributed by atoms with E-state index in [1.807, 2.05) is 0 Å². The molecule has 12 N–H and O–H groups in total. The third kappa shape index (κ3) is 39.1. The first-order valence-electron chi connectivity index (χ1n) is 39.6. The van der Waals surface area contributed by atoms with Gasteiger partial charge in [-0.2, -0.15) is 0 Å². The van der Waals surface area contributed by atoms with Gasteiger partial charge in [-0.15, -0.1) is 0 Å². The van der Waals surface area contributed by atoms with Gasteiger partial charge in [-0.3, -0.25) is 4.79 Å². The van der Waals surface area contributed by atoms with Crippen LogP contribution in [0.4, 0.5) is 0 Å². The van der Waals surface area contributed by atoms with Crippen molar-refractivity contribution in [3.63, 3.8) is 0 Å². The third-order valence-electron chi connectivity index (χ3n) is 20.0. The number of allylic oxidation sites excluding steroid dienone is 4. The molecule has 0 aliphatic carbocycles. The molecule has 0 bridgehead atoms. The fraction of sp³-hybridized carbons (Fsp3) is 0.935. The van der Waals surface area contributed by atoms with Crippen LogP contribution < -0.4 is 5.32 Å². The summed E-state index contributed by atoms with van der Waals surface area (Å²) in [7, 11) is 0. The standard InChI is InChI=1S/C77H145NO18/c1-3-5-7-9-11-13-15-16-17-18-19-20-21-22-23-24-25-26-27-28-29-30-31-32-33-34-35-36-37-38-39-40-41-42-43-44-45-47-49-51-53-55-65(83)78-60(61(82)54-52-50-48-46-14-12-10-8-6-4-2)59-91-75-71(89)68(86)73(63(57-80)93-75)96-77-72(90)69(87)74(64(58-81)94-77)95-76-70(88)67(85)66(84)62(56-79)92-76/h15-16,18-19,60-64,66-77,79-82,84-90H,3-14,17,20-59H2,1-2H3,(H,78,83)/b16-15-,19-18-. The van der Waals surface area contributed by atoms with E-state index in [1.165, 1.54) is 244 Å². The molecular formula is C77H145NO18. The maximum Gasteiger partial charge on any atom is 0.220 e. The Labute approximate surface area is 581 Å². The van der Waals surface area contributed by atoms with E-state index in [1.54, 1.807) is 0 Å². The van der Waals surface area contributed by atoms with Gasteiger partial charge in [0.05, 0.1) is 38.6 Å².